The Morgan fingerprint density at radius 1 is 1.12 bits per heavy atom. The van der Waals surface area contributed by atoms with Crippen molar-refractivity contribution < 1.29 is 9.53 Å². The van der Waals surface area contributed by atoms with Gasteiger partial charge in [-0.3, -0.25) is 9.69 Å². The highest BCUT2D eigenvalue weighted by molar-refractivity contribution is 14.1. The fraction of sp³-hybridized carbons (Fsp3) is 0.115. The Hall–Kier alpha value is -1.94. The first-order valence-corrected chi connectivity index (χ1v) is 13.6. The first kappa shape index (κ1) is 25.2. The summed E-state index contributed by atoms with van der Waals surface area (Å²) in [7, 11) is 0. The number of thioether (sulfide) groups is 1. The summed E-state index contributed by atoms with van der Waals surface area (Å²) in [6.07, 6.45) is 1.84. The third-order valence-corrected chi connectivity index (χ3v) is 8.10. The topological polar surface area (TPSA) is 53.3 Å². The number of nitriles is 1. The number of benzene rings is 3. The highest BCUT2D eigenvalue weighted by Gasteiger charge is 2.33. The van der Waals surface area contributed by atoms with Crippen LogP contribution in [0.2, 0.25) is 0 Å². The average Bonchev–Trinajstić information content (AvgIpc) is 3.08. The van der Waals surface area contributed by atoms with Gasteiger partial charge in [0.05, 0.1) is 25.8 Å². The molecule has 4 nitrogen and oxygen atoms in total. The van der Waals surface area contributed by atoms with E-state index < -0.39 is 0 Å². The first-order chi connectivity index (χ1) is 16.3. The van der Waals surface area contributed by atoms with Crippen LogP contribution in [0.4, 0.5) is 5.69 Å². The number of anilines is 1. The summed E-state index contributed by atoms with van der Waals surface area (Å²) >= 11 is 11.3. The number of hydrogen-bond donors (Lipinski definition) is 0. The monoisotopic (exact) mass is 708 g/mol. The largest absolute Gasteiger partial charge is 0.487 e. The second kappa shape index (κ2) is 10.8. The molecule has 1 saturated heterocycles. The lowest BCUT2D eigenvalue weighted by Gasteiger charge is -2.16. The number of aryl methyl sites for hydroxylation is 2. The fourth-order valence-electron chi connectivity index (χ4n) is 3.44. The minimum atomic E-state index is -0.145. The molecule has 0 spiro atoms. The van der Waals surface area contributed by atoms with Crippen molar-refractivity contribution in [1.29, 1.82) is 5.26 Å². The second-order valence-electron chi connectivity index (χ2n) is 7.65. The number of rotatable bonds is 5. The molecule has 0 bridgehead atoms. The molecule has 4 rings (SSSR count). The lowest BCUT2D eigenvalue weighted by molar-refractivity contribution is -0.113. The number of nitrogens with zero attached hydrogens (tertiary/aromatic N) is 2. The molecule has 1 aliphatic rings. The Labute approximate surface area is 235 Å². The van der Waals surface area contributed by atoms with E-state index in [1.165, 1.54) is 11.8 Å². The van der Waals surface area contributed by atoms with Crippen molar-refractivity contribution >= 4 is 91.2 Å². The Balaban J connectivity index is 1.67. The van der Waals surface area contributed by atoms with Crippen molar-refractivity contribution in [3.05, 3.63) is 94.5 Å². The zero-order chi connectivity index (χ0) is 24.4. The number of carbonyl (C=O) groups is 1. The molecule has 0 aliphatic carbocycles. The number of hydrogen-bond acceptors (Lipinski definition) is 5. The van der Waals surface area contributed by atoms with Crippen LogP contribution in [-0.2, 0) is 11.4 Å². The molecule has 3 aromatic rings. The van der Waals surface area contributed by atoms with Crippen molar-refractivity contribution in [1.82, 2.24) is 0 Å². The molecule has 0 atom stereocenters. The van der Waals surface area contributed by atoms with Crippen LogP contribution in [0.5, 0.6) is 5.75 Å². The van der Waals surface area contributed by atoms with Gasteiger partial charge in [-0.1, -0.05) is 48.2 Å². The predicted octanol–water partition coefficient (Wildman–Crippen LogP) is 7.37. The van der Waals surface area contributed by atoms with Gasteiger partial charge in [0.15, 0.2) is 4.32 Å². The quantitative estimate of drug-likeness (QED) is 0.158. The molecule has 0 saturated carbocycles. The Morgan fingerprint density at radius 2 is 1.88 bits per heavy atom. The van der Waals surface area contributed by atoms with Crippen LogP contribution in [0, 0.1) is 32.3 Å². The average molecular weight is 708 g/mol. The number of ether oxygens (including phenoxy) is 1. The maximum absolute atomic E-state index is 13.3. The lowest BCUT2D eigenvalue weighted by Crippen LogP contribution is -2.27. The van der Waals surface area contributed by atoms with Crippen molar-refractivity contribution in [3.63, 3.8) is 0 Å². The lowest BCUT2D eigenvalue weighted by atomic mass is 10.1. The van der Waals surface area contributed by atoms with Crippen LogP contribution in [0.1, 0.15) is 27.8 Å². The molecule has 0 aromatic heterocycles. The van der Waals surface area contributed by atoms with Crippen LogP contribution in [0.25, 0.3) is 6.08 Å². The van der Waals surface area contributed by atoms with Crippen LogP contribution < -0.4 is 9.64 Å². The third-order valence-electron chi connectivity index (χ3n) is 5.38. The number of thiocarbonyl (C=S) groups is 1. The Kier molecular flexibility index (Phi) is 7.97. The fourth-order valence-corrected chi connectivity index (χ4v) is 6.78. The summed E-state index contributed by atoms with van der Waals surface area (Å²) < 4.78 is 8.65. The summed E-state index contributed by atoms with van der Waals surface area (Å²) in [4.78, 5) is 15.5. The number of halogens is 2. The molecule has 170 valence electrons. The first-order valence-electron chi connectivity index (χ1n) is 10.2. The summed E-state index contributed by atoms with van der Waals surface area (Å²) in [6.45, 7) is 4.32. The van der Waals surface area contributed by atoms with Crippen molar-refractivity contribution in [3.8, 4) is 11.8 Å². The maximum Gasteiger partial charge on any atom is 0.270 e. The van der Waals surface area contributed by atoms with Gasteiger partial charge in [-0.05, 0) is 107 Å². The van der Waals surface area contributed by atoms with E-state index in [2.05, 4.69) is 51.3 Å². The van der Waals surface area contributed by atoms with Gasteiger partial charge >= 0.3 is 0 Å². The molecular weight excluding hydrogens is 690 g/mol. The molecule has 1 fully saturated rings. The highest BCUT2D eigenvalue weighted by Crippen LogP contribution is 2.39. The molecule has 8 heteroatoms. The zero-order valence-corrected chi connectivity index (χ0v) is 24.2. The van der Waals surface area contributed by atoms with Gasteiger partial charge < -0.3 is 4.74 Å². The van der Waals surface area contributed by atoms with Gasteiger partial charge in [0.1, 0.15) is 12.4 Å². The molecule has 0 unspecified atom stereocenters. The molecule has 1 amide bonds. The summed E-state index contributed by atoms with van der Waals surface area (Å²) in [5.41, 5.74) is 5.24. The van der Waals surface area contributed by atoms with E-state index in [1.807, 2.05) is 68.5 Å². The molecule has 0 radical (unpaired) electrons. The smallest absolute Gasteiger partial charge is 0.270 e. The molecule has 0 N–H and O–H groups in total. The van der Waals surface area contributed by atoms with Crippen molar-refractivity contribution in [2.75, 3.05) is 4.90 Å². The molecule has 34 heavy (non-hydrogen) atoms. The minimum Gasteiger partial charge on any atom is -0.487 e. The number of amides is 1. The normalized spacial score (nSPS) is 14.6. The van der Waals surface area contributed by atoms with Crippen LogP contribution >= 0.6 is 69.2 Å². The van der Waals surface area contributed by atoms with Gasteiger partial charge in [0.2, 0.25) is 0 Å². The van der Waals surface area contributed by atoms with Gasteiger partial charge in [-0.25, -0.2) is 0 Å². The van der Waals surface area contributed by atoms with Gasteiger partial charge in [-0.15, -0.1) is 0 Å². The van der Waals surface area contributed by atoms with Crippen molar-refractivity contribution in [2.24, 2.45) is 0 Å². The number of carbonyl (C=O) groups excluding carboxylic acids is 1. The van der Waals surface area contributed by atoms with Gasteiger partial charge in [-0.2, -0.15) is 5.26 Å². The molecular formula is C26H18I2N2O2S2. The SMILES string of the molecule is Cc1ccc(N2C(=O)/C(=C\c3cc(I)cc(I)c3OCc3ccccc3C#N)SC2=S)cc1C. The zero-order valence-electron chi connectivity index (χ0n) is 18.3. The van der Waals surface area contributed by atoms with E-state index in [0.717, 1.165) is 35.1 Å². The van der Waals surface area contributed by atoms with Crippen LogP contribution in [0.15, 0.2) is 59.5 Å². The van der Waals surface area contributed by atoms with Crippen molar-refractivity contribution in [2.45, 2.75) is 20.5 Å². The van der Waals surface area contributed by atoms with E-state index in [0.29, 0.717) is 20.5 Å². The summed E-state index contributed by atoms with van der Waals surface area (Å²) in [5, 5.41) is 9.38. The van der Waals surface area contributed by atoms with Gasteiger partial charge in [0.25, 0.3) is 5.91 Å². The van der Waals surface area contributed by atoms with E-state index in [9.17, 15) is 10.1 Å². The van der Waals surface area contributed by atoms with Crippen LogP contribution in [0.3, 0.4) is 0 Å². The maximum atomic E-state index is 13.3. The summed E-state index contributed by atoms with van der Waals surface area (Å²) in [5.74, 6) is 0.526. The third kappa shape index (κ3) is 5.32. The van der Waals surface area contributed by atoms with E-state index in [1.54, 1.807) is 11.0 Å². The minimum absolute atomic E-state index is 0.145. The summed E-state index contributed by atoms with van der Waals surface area (Å²) in [6, 6.07) is 19.5. The highest BCUT2D eigenvalue weighted by atomic mass is 127. The van der Waals surface area contributed by atoms with E-state index >= 15 is 0 Å². The molecule has 3 aromatic carbocycles. The van der Waals surface area contributed by atoms with Crippen LogP contribution in [-0.4, -0.2) is 10.2 Å². The molecule has 1 aliphatic heterocycles. The van der Waals surface area contributed by atoms with Gasteiger partial charge in [0, 0.05) is 14.7 Å². The van der Waals surface area contributed by atoms with E-state index in [-0.39, 0.29) is 12.5 Å². The predicted molar refractivity (Wildman–Crippen MR) is 159 cm³/mol. The Morgan fingerprint density at radius 3 is 2.62 bits per heavy atom. The second-order valence-corrected chi connectivity index (χ2v) is 11.7. The Bertz CT molecular complexity index is 1400. The standard InChI is InChI=1S/C26H18I2N2O2S2/c1-15-7-8-21(9-16(15)2)30-25(31)23(34-26(30)33)11-19-10-20(27)12-22(28)24(19)32-14-18-6-4-3-5-17(18)13-29/h3-12H,14H2,1-2H3/b23-11+. The molecule has 1 heterocycles. The van der Waals surface area contributed by atoms with E-state index in [4.69, 9.17) is 17.0 Å².